The maximum atomic E-state index is 5.32. The molecule has 1 aromatic carbocycles. The Morgan fingerprint density at radius 2 is 1.82 bits per heavy atom. The molecule has 0 saturated carbocycles. The van der Waals surface area contributed by atoms with Gasteiger partial charge in [-0.1, -0.05) is 42.2 Å². The molecule has 0 aliphatic heterocycles. The number of thioether (sulfide) groups is 1. The van der Waals surface area contributed by atoms with E-state index >= 15 is 0 Å². The Morgan fingerprint density at radius 1 is 1.27 bits per heavy atom. The molecule has 0 saturated heterocycles. The number of thiocarbonyl (C=S) groups is 1. The van der Waals surface area contributed by atoms with Gasteiger partial charge in [0, 0.05) is 4.90 Å². The molecule has 0 bridgehead atoms. The van der Waals surface area contributed by atoms with Crippen LogP contribution < -0.4 is 5.73 Å². The van der Waals surface area contributed by atoms with Gasteiger partial charge in [0.2, 0.25) is 0 Å². The second kappa shape index (κ2) is 6.59. The first kappa shape index (κ1) is 12.1. The molecule has 54 valence electrons. The summed E-state index contributed by atoms with van der Waals surface area (Å²) in [7, 11) is 0. The van der Waals surface area contributed by atoms with Gasteiger partial charge in [-0.2, -0.15) is 0 Å². The number of hydrogen-bond acceptors (Lipinski definition) is 2. The van der Waals surface area contributed by atoms with Crippen LogP contribution in [0.1, 0.15) is 0 Å². The molecular formula is C7H8KNS2. The molecule has 0 spiro atoms. The van der Waals surface area contributed by atoms with Crippen LogP contribution in [0.5, 0.6) is 0 Å². The monoisotopic (exact) mass is 209 g/mol. The summed E-state index contributed by atoms with van der Waals surface area (Å²) in [5, 5.41) is 0. The Labute approximate surface area is 119 Å². The van der Waals surface area contributed by atoms with Crippen molar-refractivity contribution >= 4 is 79.7 Å². The first-order chi connectivity index (χ1) is 4.79. The van der Waals surface area contributed by atoms with Gasteiger partial charge in [0.15, 0.2) is 0 Å². The summed E-state index contributed by atoms with van der Waals surface area (Å²) in [4.78, 5) is 1.09. The third-order valence-corrected chi connectivity index (χ3v) is 1.92. The van der Waals surface area contributed by atoms with Crippen LogP contribution >= 0.6 is 24.0 Å². The van der Waals surface area contributed by atoms with Crippen molar-refractivity contribution in [3.63, 3.8) is 0 Å². The molecule has 0 fully saturated rings. The van der Waals surface area contributed by atoms with E-state index in [4.69, 9.17) is 18.0 Å². The molecule has 0 aliphatic rings. The zero-order chi connectivity index (χ0) is 7.40. The summed E-state index contributed by atoms with van der Waals surface area (Å²) in [6, 6.07) is 9.83. The van der Waals surface area contributed by atoms with E-state index in [2.05, 4.69) is 0 Å². The Bertz CT molecular complexity index is 225. The molecule has 1 aromatic rings. The molecule has 0 heterocycles. The van der Waals surface area contributed by atoms with Gasteiger partial charge >= 0.3 is 51.4 Å². The summed E-state index contributed by atoms with van der Waals surface area (Å²) < 4.78 is 0.464. The van der Waals surface area contributed by atoms with Crippen molar-refractivity contribution < 1.29 is 0 Å². The molecule has 2 N–H and O–H groups in total. The summed E-state index contributed by atoms with van der Waals surface area (Å²) in [5.41, 5.74) is 5.32. The van der Waals surface area contributed by atoms with Crippen LogP contribution in [-0.4, -0.2) is 55.7 Å². The minimum absolute atomic E-state index is 0. The minimum atomic E-state index is 0. The molecule has 0 amide bonds. The van der Waals surface area contributed by atoms with Crippen LogP contribution in [0.3, 0.4) is 0 Å². The van der Waals surface area contributed by atoms with Crippen LogP contribution in [-0.2, 0) is 0 Å². The predicted octanol–water partition coefficient (Wildman–Crippen LogP) is 1.37. The van der Waals surface area contributed by atoms with Gasteiger partial charge in [0.25, 0.3) is 0 Å². The van der Waals surface area contributed by atoms with Crippen molar-refractivity contribution in [1.82, 2.24) is 0 Å². The van der Waals surface area contributed by atoms with E-state index in [-0.39, 0.29) is 51.4 Å². The first-order valence-electron chi connectivity index (χ1n) is 2.81. The van der Waals surface area contributed by atoms with Crippen molar-refractivity contribution in [2.24, 2.45) is 5.73 Å². The van der Waals surface area contributed by atoms with Gasteiger partial charge < -0.3 is 5.73 Å². The van der Waals surface area contributed by atoms with E-state index in [0.29, 0.717) is 4.32 Å². The van der Waals surface area contributed by atoms with Crippen molar-refractivity contribution in [3.8, 4) is 0 Å². The van der Waals surface area contributed by atoms with Crippen LogP contribution in [0, 0.1) is 0 Å². The Hall–Kier alpha value is 1.10. The fourth-order valence-electron chi connectivity index (χ4n) is 0.605. The second-order valence-corrected chi connectivity index (χ2v) is 3.55. The van der Waals surface area contributed by atoms with Crippen molar-refractivity contribution in [2.45, 2.75) is 4.90 Å². The molecule has 1 nitrogen and oxygen atoms in total. The topological polar surface area (TPSA) is 26.0 Å². The molecular weight excluding hydrogens is 201 g/mol. The predicted molar refractivity (Wildman–Crippen MR) is 56.2 cm³/mol. The second-order valence-electron chi connectivity index (χ2n) is 1.73. The SMILES string of the molecule is NC(=S)Sc1ccccc1.[KH]. The third-order valence-electron chi connectivity index (χ3n) is 0.962. The molecule has 1 rings (SSSR count). The van der Waals surface area contributed by atoms with Gasteiger partial charge in [0.1, 0.15) is 4.32 Å². The van der Waals surface area contributed by atoms with Crippen LogP contribution in [0.25, 0.3) is 0 Å². The molecule has 11 heavy (non-hydrogen) atoms. The molecule has 0 aliphatic carbocycles. The zero-order valence-corrected chi connectivity index (χ0v) is 6.91. The fraction of sp³-hybridized carbons (Fsp3) is 0. The molecule has 0 unspecified atom stereocenters. The van der Waals surface area contributed by atoms with E-state index < -0.39 is 0 Å². The van der Waals surface area contributed by atoms with Gasteiger partial charge in [0.05, 0.1) is 0 Å². The van der Waals surface area contributed by atoms with E-state index in [1.807, 2.05) is 30.3 Å². The number of nitrogens with two attached hydrogens (primary N) is 1. The van der Waals surface area contributed by atoms with Gasteiger partial charge in [-0.15, -0.1) is 0 Å². The van der Waals surface area contributed by atoms with E-state index in [1.54, 1.807) is 0 Å². The Morgan fingerprint density at radius 3 is 2.27 bits per heavy atom. The van der Waals surface area contributed by atoms with E-state index in [9.17, 15) is 0 Å². The van der Waals surface area contributed by atoms with Gasteiger partial charge in [-0.05, 0) is 12.1 Å². The summed E-state index contributed by atoms with van der Waals surface area (Å²) in [6.45, 7) is 0. The Kier molecular flexibility index (Phi) is 7.25. The van der Waals surface area contributed by atoms with E-state index in [1.165, 1.54) is 11.8 Å². The van der Waals surface area contributed by atoms with E-state index in [0.717, 1.165) is 4.90 Å². The number of hydrogen-bond donors (Lipinski definition) is 1. The molecule has 4 heteroatoms. The summed E-state index contributed by atoms with van der Waals surface area (Å²) >= 11 is 6.13. The quantitative estimate of drug-likeness (QED) is 0.430. The van der Waals surface area contributed by atoms with Crippen molar-refractivity contribution in [3.05, 3.63) is 30.3 Å². The van der Waals surface area contributed by atoms with Crippen LogP contribution in [0.2, 0.25) is 0 Å². The average molecular weight is 209 g/mol. The van der Waals surface area contributed by atoms with Crippen LogP contribution in [0.15, 0.2) is 35.2 Å². The third kappa shape index (κ3) is 5.35. The molecule has 0 radical (unpaired) electrons. The molecule has 0 aromatic heterocycles. The fourth-order valence-corrected chi connectivity index (χ4v) is 1.42. The maximum absolute atomic E-state index is 5.32. The van der Waals surface area contributed by atoms with Crippen molar-refractivity contribution in [1.29, 1.82) is 0 Å². The number of benzene rings is 1. The van der Waals surface area contributed by atoms with Crippen molar-refractivity contribution in [2.75, 3.05) is 0 Å². The standard InChI is InChI=1S/C7H7NS2.K.H/c8-7(9)10-6-4-2-1-3-5-6;;/h1-5H,(H2,8,9);;. The molecule has 0 atom stereocenters. The van der Waals surface area contributed by atoms with Gasteiger partial charge in [-0.3, -0.25) is 0 Å². The zero-order valence-electron chi connectivity index (χ0n) is 5.28. The number of rotatable bonds is 1. The summed E-state index contributed by atoms with van der Waals surface area (Å²) in [6.07, 6.45) is 0. The summed E-state index contributed by atoms with van der Waals surface area (Å²) in [5.74, 6) is 0. The van der Waals surface area contributed by atoms with Gasteiger partial charge in [-0.25, -0.2) is 0 Å². The normalized spacial score (nSPS) is 8.36. The first-order valence-corrected chi connectivity index (χ1v) is 4.04. The Balaban J connectivity index is 0.000001000. The van der Waals surface area contributed by atoms with Crippen LogP contribution in [0.4, 0.5) is 0 Å². The average Bonchev–Trinajstić information content (AvgIpc) is 1.88.